The minimum absolute atomic E-state index is 0.0506. The van der Waals surface area contributed by atoms with Gasteiger partial charge in [0.05, 0.1) is 11.0 Å². The van der Waals surface area contributed by atoms with Crippen molar-refractivity contribution in [3.05, 3.63) is 28.4 Å². The number of nitrogens with two attached hydrogens (primary N) is 1. The van der Waals surface area contributed by atoms with Gasteiger partial charge in [0.1, 0.15) is 5.82 Å². The zero-order chi connectivity index (χ0) is 13.0. The minimum Gasteiger partial charge on any atom is -0.366 e. The van der Waals surface area contributed by atoms with E-state index in [1.165, 1.54) is 44.0 Å². The summed E-state index contributed by atoms with van der Waals surface area (Å²) in [6.45, 7) is 0.523. The number of hydrogen-bond acceptors (Lipinski definition) is 5. The largest absolute Gasteiger partial charge is 0.366 e. The Kier molecular flexibility index (Phi) is 4.09. The average Bonchev–Trinajstić information content (AvgIpc) is 2.90. The summed E-state index contributed by atoms with van der Waals surface area (Å²) in [6.07, 6.45) is 6.27. The van der Waals surface area contributed by atoms with E-state index in [1.54, 1.807) is 0 Å². The molecular weight excluding hydrogens is 232 g/mol. The summed E-state index contributed by atoms with van der Waals surface area (Å²) in [5.74, 6) is 1.09. The lowest BCUT2D eigenvalue weighted by Crippen LogP contribution is -2.35. The van der Waals surface area contributed by atoms with Crippen molar-refractivity contribution in [3.63, 3.8) is 0 Å². The molecule has 1 heterocycles. The molecule has 1 fully saturated rings. The molecule has 3 N–H and O–H groups in total. The van der Waals surface area contributed by atoms with E-state index in [-0.39, 0.29) is 11.7 Å². The Morgan fingerprint density at radius 1 is 1.56 bits per heavy atom. The van der Waals surface area contributed by atoms with Gasteiger partial charge >= 0.3 is 0 Å². The van der Waals surface area contributed by atoms with Crippen molar-refractivity contribution in [3.8, 4) is 0 Å². The van der Waals surface area contributed by atoms with Gasteiger partial charge in [0, 0.05) is 24.8 Å². The monoisotopic (exact) mass is 250 g/mol. The highest BCUT2D eigenvalue weighted by Crippen LogP contribution is 2.29. The second kappa shape index (κ2) is 5.77. The third-order valence-electron chi connectivity index (χ3n) is 3.51. The number of anilines is 1. The van der Waals surface area contributed by atoms with Crippen LogP contribution in [0.5, 0.6) is 0 Å². The van der Waals surface area contributed by atoms with Crippen LogP contribution in [0.3, 0.4) is 0 Å². The molecule has 1 aromatic heterocycles. The van der Waals surface area contributed by atoms with Crippen molar-refractivity contribution in [1.82, 2.24) is 4.98 Å². The normalized spacial score (nSPS) is 17.6. The Morgan fingerprint density at radius 3 is 2.89 bits per heavy atom. The summed E-state index contributed by atoms with van der Waals surface area (Å²) in [5.41, 5.74) is 5.82. The van der Waals surface area contributed by atoms with Crippen molar-refractivity contribution < 1.29 is 4.92 Å². The molecule has 0 radical (unpaired) electrons. The second-order valence-corrected chi connectivity index (χ2v) is 4.69. The molecule has 0 aromatic carbocycles. The molecule has 1 aromatic rings. The van der Waals surface area contributed by atoms with Gasteiger partial charge in [0.2, 0.25) is 0 Å². The van der Waals surface area contributed by atoms with Crippen LogP contribution < -0.4 is 11.1 Å². The maximum Gasteiger partial charge on any atom is 0.274 e. The van der Waals surface area contributed by atoms with Gasteiger partial charge in [-0.05, 0) is 18.8 Å². The Balaban J connectivity index is 2.06. The molecule has 0 spiro atoms. The Hall–Kier alpha value is -1.69. The fourth-order valence-corrected chi connectivity index (χ4v) is 2.53. The Bertz CT molecular complexity index is 418. The van der Waals surface area contributed by atoms with E-state index in [0.717, 1.165) is 0 Å². The summed E-state index contributed by atoms with van der Waals surface area (Å²) in [5, 5.41) is 13.9. The number of nitro groups is 1. The predicted molar refractivity (Wildman–Crippen MR) is 69.3 cm³/mol. The zero-order valence-electron chi connectivity index (χ0n) is 10.2. The zero-order valence-corrected chi connectivity index (χ0v) is 10.2. The van der Waals surface area contributed by atoms with Crippen LogP contribution in [-0.2, 0) is 0 Å². The van der Waals surface area contributed by atoms with Crippen molar-refractivity contribution in [2.24, 2.45) is 11.7 Å². The Labute approximate surface area is 106 Å². The average molecular weight is 250 g/mol. The van der Waals surface area contributed by atoms with E-state index < -0.39 is 4.92 Å². The highest BCUT2D eigenvalue weighted by atomic mass is 16.6. The number of hydrogen-bond donors (Lipinski definition) is 2. The molecule has 1 unspecified atom stereocenters. The van der Waals surface area contributed by atoms with E-state index >= 15 is 0 Å². The van der Waals surface area contributed by atoms with Crippen LogP contribution in [0.1, 0.15) is 25.7 Å². The van der Waals surface area contributed by atoms with Gasteiger partial charge in [-0.1, -0.05) is 12.8 Å². The number of nitrogens with zero attached hydrogens (tertiary/aromatic N) is 2. The first-order chi connectivity index (χ1) is 8.70. The smallest absolute Gasteiger partial charge is 0.274 e. The molecule has 2 rings (SSSR count). The molecule has 6 nitrogen and oxygen atoms in total. The first-order valence-electron chi connectivity index (χ1n) is 6.27. The van der Waals surface area contributed by atoms with E-state index in [9.17, 15) is 10.1 Å². The highest BCUT2D eigenvalue weighted by Gasteiger charge is 2.24. The molecule has 1 aliphatic rings. The van der Waals surface area contributed by atoms with Gasteiger partial charge in [0.15, 0.2) is 0 Å². The fraction of sp³-hybridized carbons (Fsp3) is 0.583. The van der Waals surface area contributed by atoms with Gasteiger partial charge < -0.3 is 11.1 Å². The summed E-state index contributed by atoms with van der Waals surface area (Å²) in [4.78, 5) is 14.4. The molecular formula is C12H18N4O2. The molecule has 0 amide bonds. The van der Waals surface area contributed by atoms with Crippen LogP contribution in [0.4, 0.5) is 11.5 Å². The molecule has 0 saturated heterocycles. The quantitative estimate of drug-likeness (QED) is 0.615. The van der Waals surface area contributed by atoms with Gasteiger partial charge in [-0.15, -0.1) is 0 Å². The highest BCUT2D eigenvalue weighted by molar-refractivity contribution is 5.45. The summed E-state index contributed by atoms with van der Waals surface area (Å²) >= 11 is 0. The molecule has 6 heteroatoms. The summed E-state index contributed by atoms with van der Waals surface area (Å²) < 4.78 is 0. The third-order valence-corrected chi connectivity index (χ3v) is 3.51. The van der Waals surface area contributed by atoms with Crippen LogP contribution in [0, 0.1) is 16.0 Å². The lowest BCUT2D eigenvalue weighted by atomic mass is 9.98. The van der Waals surface area contributed by atoms with E-state index in [2.05, 4.69) is 10.3 Å². The Morgan fingerprint density at radius 2 is 2.28 bits per heavy atom. The van der Waals surface area contributed by atoms with Crippen LogP contribution in [0.15, 0.2) is 18.3 Å². The number of aromatic nitrogens is 1. The first kappa shape index (κ1) is 12.8. The van der Waals surface area contributed by atoms with Crippen molar-refractivity contribution in [2.75, 3.05) is 11.9 Å². The maximum atomic E-state index is 10.7. The van der Waals surface area contributed by atoms with Crippen molar-refractivity contribution >= 4 is 11.5 Å². The minimum atomic E-state index is -0.417. The summed E-state index contributed by atoms with van der Waals surface area (Å²) in [7, 11) is 0. The van der Waals surface area contributed by atoms with Crippen LogP contribution >= 0.6 is 0 Å². The third kappa shape index (κ3) is 2.95. The topological polar surface area (TPSA) is 94.1 Å². The molecule has 0 bridgehead atoms. The van der Waals surface area contributed by atoms with Crippen LogP contribution in [0.25, 0.3) is 0 Å². The lowest BCUT2D eigenvalue weighted by Gasteiger charge is -2.23. The van der Waals surface area contributed by atoms with Crippen molar-refractivity contribution in [1.29, 1.82) is 0 Å². The molecule has 0 aliphatic heterocycles. The van der Waals surface area contributed by atoms with E-state index in [4.69, 9.17) is 5.73 Å². The first-order valence-corrected chi connectivity index (χ1v) is 6.27. The van der Waals surface area contributed by atoms with Crippen LogP contribution in [-0.4, -0.2) is 22.5 Å². The molecule has 1 atom stereocenters. The van der Waals surface area contributed by atoms with Gasteiger partial charge in [0.25, 0.3) is 5.69 Å². The van der Waals surface area contributed by atoms with E-state index in [1.807, 2.05) is 0 Å². The van der Waals surface area contributed by atoms with Gasteiger partial charge in [-0.3, -0.25) is 10.1 Å². The van der Waals surface area contributed by atoms with Crippen LogP contribution in [0.2, 0.25) is 0 Å². The molecule has 18 heavy (non-hydrogen) atoms. The molecule has 1 saturated carbocycles. The standard InChI is InChI=1S/C12H18N4O2/c13-8-11(9-3-1-2-4-9)15-12-7-10(16(17)18)5-6-14-12/h5-7,9,11H,1-4,8,13H2,(H,14,15). The van der Waals surface area contributed by atoms with Gasteiger partial charge in [-0.2, -0.15) is 0 Å². The molecule has 1 aliphatic carbocycles. The fourth-order valence-electron chi connectivity index (χ4n) is 2.53. The number of nitrogens with one attached hydrogen (secondary N) is 1. The number of pyridine rings is 1. The van der Waals surface area contributed by atoms with Gasteiger partial charge in [-0.25, -0.2) is 4.98 Å². The predicted octanol–water partition coefficient (Wildman–Crippen LogP) is 1.92. The summed E-state index contributed by atoms with van der Waals surface area (Å²) in [6, 6.07) is 3.00. The van der Waals surface area contributed by atoms with E-state index in [0.29, 0.717) is 18.3 Å². The molecule has 98 valence electrons. The maximum absolute atomic E-state index is 10.7. The second-order valence-electron chi connectivity index (χ2n) is 4.69. The number of rotatable bonds is 5. The lowest BCUT2D eigenvalue weighted by molar-refractivity contribution is -0.384. The SMILES string of the molecule is NCC(Nc1cc([N+](=O)[O-])ccn1)C1CCCC1. The van der Waals surface area contributed by atoms with Crippen molar-refractivity contribution in [2.45, 2.75) is 31.7 Å².